The largest absolute Gasteiger partial charge is 0.496 e. The molecule has 2 aromatic carbocycles. The predicted octanol–water partition coefficient (Wildman–Crippen LogP) is 3.43. The molecule has 0 unspecified atom stereocenters. The van der Waals surface area contributed by atoms with Crippen LogP contribution in [0, 0.1) is 12.8 Å². The molecule has 1 heterocycles. The molecule has 0 aliphatic carbocycles. The minimum Gasteiger partial charge on any atom is -0.496 e. The lowest BCUT2D eigenvalue weighted by Crippen LogP contribution is -2.54. The Hall–Kier alpha value is -4.49. The number of halogens is 2. The molecule has 44 heavy (non-hydrogen) atoms. The second kappa shape index (κ2) is 15.3. The third-order valence-corrected chi connectivity index (χ3v) is 6.90. The fraction of sp³-hybridized carbons (Fsp3) is 0.345. The van der Waals surface area contributed by atoms with E-state index in [-0.39, 0.29) is 27.9 Å². The number of carbonyl (C=O) groups excluding carboxylic acids is 4. The molecular weight excluding hydrogens is 619 g/mol. The molecule has 2 amide bonds. The van der Waals surface area contributed by atoms with Crippen LogP contribution in [0.5, 0.6) is 5.75 Å². The maximum absolute atomic E-state index is 13.2. The topological polar surface area (TPSA) is 187 Å². The predicted molar refractivity (Wildman–Crippen MR) is 157 cm³/mol. The number of carbonyl (C=O) groups is 5. The molecule has 0 bridgehead atoms. The first-order chi connectivity index (χ1) is 20.8. The summed E-state index contributed by atoms with van der Waals surface area (Å²) in [7, 11) is 1.44. The molecule has 0 aliphatic rings. The Morgan fingerprint density at radius 3 is 2.30 bits per heavy atom. The van der Waals surface area contributed by atoms with Crippen molar-refractivity contribution in [2.75, 3.05) is 13.7 Å². The molecule has 1 aromatic heterocycles. The van der Waals surface area contributed by atoms with Crippen molar-refractivity contribution in [1.82, 2.24) is 20.8 Å². The summed E-state index contributed by atoms with van der Waals surface area (Å²) in [6.07, 6.45) is -0.994. The first kappa shape index (κ1) is 34.0. The first-order valence-corrected chi connectivity index (χ1v) is 14.0. The fourth-order valence-electron chi connectivity index (χ4n) is 4.08. The monoisotopic (exact) mass is 648 g/mol. The van der Waals surface area contributed by atoms with E-state index in [0.29, 0.717) is 22.7 Å². The van der Waals surface area contributed by atoms with Crippen molar-refractivity contribution in [3.05, 3.63) is 63.4 Å². The molecule has 3 aromatic rings. The third-order valence-electron chi connectivity index (χ3n) is 6.27. The van der Waals surface area contributed by atoms with Gasteiger partial charge in [-0.15, -0.1) is 0 Å². The molecular formula is C29H30Cl2N4O9. The highest BCUT2D eigenvalue weighted by atomic mass is 35.5. The van der Waals surface area contributed by atoms with Gasteiger partial charge in [0, 0.05) is 11.1 Å². The van der Waals surface area contributed by atoms with Gasteiger partial charge < -0.3 is 29.7 Å². The van der Waals surface area contributed by atoms with Gasteiger partial charge >= 0.3 is 11.9 Å². The van der Waals surface area contributed by atoms with Crippen LogP contribution in [-0.2, 0) is 30.3 Å². The SMILES string of the molecule is COc1ccc(-c2nc(C)no2)cc1CC(=O)N[C@H](C(=O)N[C@@H](CC(=O)O)C(=O)COC(=O)c1c(Cl)cccc1Cl)C(C)C. The average Bonchev–Trinajstić information content (AvgIpc) is 3.39. The number of Topliss-reactive ketones (excluding diaryl/α,β-unsaturated/α-hetero) is 1. The van der Waals surface area contributed by atoms with Gasteiger partial charge in [-0.3, -0.25) is 19.2 Å². The van der Waals surface area contributed by atoms with Crippen LogP contribution in [0.4, 0.5) is 0 Å². The number of methoxy groups -OCH3 is 1. The number of benzene rings is 2. The molecule has 13 nitrogen and oxygen atoms in total. The van der Waals surface area contributed by atoms with Crippen LogP contribution in [0.25, 0.3) is 11.5 Å². The quantitative estimate of drug-likeness (QED) is 0.217. The standard InChI is InChI=1S/C29H30Cl2N4O9/c1-14(2)26(34-23(37)11-17-10-16(8-9-22(17)42-4)28-32-15(3)35-44-28)27(40)33-20(12-24(38)39)21(36)13-43-29(41)25-18(30)6-5-7-19(25)31/h5-10,14,20,26H,11-13H2,1-4H3,(H,33,40)(H,34,37)(H,38,39)/t20-,26-/m0/s1. The molecule has 0 saturated heterocycles. The van der Waals surface area contributed by atoms with E-state index in [2.05, 4.69) is 20.8 Å². The molecule has 15 heteroatoms. The summed E-state index contributed by atoms with van der Waals surface area (Å²) in [6.45, 7) is 4.12. The lowest BCUT2D eigenvalue weighted by atomic mass is 10.0. The van der Waals surface area contributed by atoms with Crippen LogP contribution >= 0.6 is 23.2 Å². The Morgan fingerprint density at radius 2 is 1.73 bits per heavy atom. The summed E-state index contributed by atoms with van der Waals surface area (Å²) in [5.74, 6) is -4.03. The number of carboxylic acid groups (broad SMARTS) is 1. The Labute approximate surface area is 262 Å². The van der Waals surface area contributed by atoms with Crippen LogP contribution in [0.15, 0.2) is 40.9 Å². The van der Waals surface area contributed by atoms with Gasteiger partial charge in [0.25, 0.3) is 5.89 Å². The van der Waals surface area contributed by atoms with Gasteiger partial charge in [0.05, 0.1) is 35.6 Å². The molecule has 0 fully saturated rings. The fourth-order valence-corrected chi connectivity index (χ4v) is 4.63. The average molecular weight is 649 g/mol. The van der Waals surface area contributed by atoms with Gasteiger partial charge in [0.15, 0.2) is 18.2 Å². The number of nitrogens with one attached hydrogen (secondary N) is 2. The van der Waals surface area contributed by atoms with E-state index in [1.54, 1.807) is 39.0 Å². The minimum absolute atomic E-state index is 0.00469. The number of hydrogen-bond donors (Lipinski definition) is 3. The van der Waals surface area contributed by atoms with Crippen LogP contribution in [0.2, 0.25) is 10.0 Å². The van der Waals surface area contributed by atoms with Crippen molar-refractivity contribution < 1.29 is 43.1 Å². The second-order valence-corrected chi connectivity index (χ2v) is 10.8. The maximum Gasteiger partial charge on any atom is 0.341 e. The van der Waals surface area contributed by atoms with Crippen LogP contribution < -0.4 is 15.4 Å². The Kier molecular flexibility index (Phi) is 11.8. The van der Waals surface area contributed by atoms with E-state index in [1.165, 1.54) is 25.3 Å². The summed E-state index contributed by atoms with van der Waals surface area (Å²) < 4.78 is 15.6. The lowest BCUT2D eigenvalue weighted by molar-refractivity contribution is -0.141. The molecule has 0 radical (unpaired) electrons. The minimum atomic E-state index is -1.57. The van der Waals surface area contributed by atoms with Gasteiger partial charge in [0.1, 0.15) is 17.8 Å². The van der Waals surface area contributed by atoms with Gasteiger partial charge in [0.2, 0.25) is 11.8 Å². The number of nitrogens with zero attached hydrogens (tertiary/aromatic N) is 2. The van der Waals surface area contributed by atoms with Gasteiger partial charge in [-0.2, -0.15) is 4.98 Å². The number of hydrogen-bond acceptors (Lipinski definition) is 10. The number of aryl methyl sites for hydroxylation is 1. The zero-order valence-corrected chi connectivity index (χ0v) is 25.7. The molecule has 3 N–H and O–H groups in total. The number of esters is 1. The summed E-state index contributed by atoms with van der Waals surface area (Å²) in [5.41, 5.74) is 0.861. The normalized spacial score (nSPS) is 12.2. The molecule has 3 rings (SSSR count). The van der Waals surface area contributed by atoms with E-state index < -0.39 is 60.6 Å². The van der Waals surface area contributed by atoms with Gasteiger partial charge in [-0.25, -0.2) is 4.79 Å². The van der Waals surface area contributed by atoms with Gasteiger partial charge in [-0.05, 0) is 43.2 Å². The number of ether oxygens (including phenoxy) is 2. The Balaban J connectivity index is 1.70. The summed E-state index contributed by atoms with van der Waals surface area (Å²) in [5, 5.41) is 18.1. The zero-order chi connectivity index (χ0) is 32.6. The molecule has 0 aliphatic heterocycles. The summed E-state index contributed by atoms with van der Waals surface area (Å²) in [6, 6.07) is 6.58. The Bertz CT molecular complexity index is 1540. The zero-order valence-electron chi connectivity index (χ0n) is 24.2. The number of carboxylic acids is 1. The molecule has 234 valence electrons. The highest BCUT2D eigenvalue weighted by molar-refractivity contribution is 6.39. The van der Waals surface area contributed by atoms with E-state index in [4.69, 9.17) is 37.2 Å². The van der Waals surface area contributed by atoms with E-state index in [0.717, 1.165) is 0 Å². The van der Waals surface area contributed by atoms with Crippen molar-refractivity contribution in [3.8, 4) is 17.2 Å². The number of amides is 2. The summed E-state index contributed by atoms with van der Waals surface area (Å²) >= 11 is 12.0. The van der Waals surface area contributed by atoms with Crippen molar-refractivity contribution >= 4 is 52.7 Å². The van der Waals surface area contributed by atoms with Crippen molar-refractivity contribution in [2.45, 2.75) is 45.7 Å². The third kappa shape index (κ3) is 9.01. The second-order valence-electron chi connectivity index (χ2n) is 9.94. The number of rotatable bonds is 14. The van der Waals surface area contributed by atoms with Crippen molar-refractivity contribution in [1.29, 1.82) is 0 Å². The molecule has 2 atom stereocenters. The van der Waals surface area contributed by atoms with E-state index in [1.807, 2.05) is 0 Å². The number of aliphatic carboxylic acids is 1. The first-order valence-electron chi connectivity index (χ1n) is 13.2. The van der Waals surface area contributed by atoms with E-state index >= 15 is 0 Å². The van der Waals surface area contributed by atoms with Crippen LogP contribution in [0.3, 0.4) is 0 Å². The van der Waals surface area contributed by atoms with E-state index in [9.17, 15) is 29.1 Å². The summed E-state index contributed by atoms with van der Waals surface area (Å²) in [4.78, 5) is 67.3. The van der Waals surface area contributed by atoms with Crippen LogP contribution in [0.1, 0.15) is 42.0 Å². The number of aromatic nitrogens is 2. The van der Waals surface area contributed by atoms with Crippen molar-refractivity contribution in [2.24, 2.45) is 5.92 Å². The Morgan fingerprint density at radius 1 is 1.05 bits per heavy atom. The lowest BCUT2D eigenvalue weighted by Gasteiger charge is -2.24. The molecule has 0 spiro atoms. The number of ketones is 1. The van der Waals surface area contributed by atoms with Crippen molar-refractivity contribution in [3.63, 3.8) is 0 Å². The smallest absolute Gasteiger partial charge is 0.341 e. The highest BCUT2D eigenvalue weighted by Gasteiger charge is 2.31. The van der Waals surface area contributed by atoms with Crippen LogP contribution in [-0.4, -0.2) is 70.6 Å². The maximum atomic E-state index is 13.2. The molecule has 0 saturated carbocycles. The van der Waals surface area contributed by atoms with Gasteiger partial charge in [-0.1, -0.05) is 48.3 Å². The highest BCUT2D eigenvalue weighted by Crippen LogP contribution is 2.27.